The van der Waals surface area contributed by atoms with Crippen molar-refractivity contribution in [3.8, 4) is 0 Å². The molecule has 5 heteroatoms. The fourth-order valence-electron chi connectivity index (χ4n) is 2.02. The van der Waals surface area contributed by atoms with Crippen molar-refractivity contribution in [1.29, 1.82) is 0 Å². The first kappa shape index (κ1) is 14.3. The minimum atomic E-state index is -0.306. The van der Waals surface area contributed by atoms with Gasteiger partial charge in [0.15, 0.2) is 0 Å². The van der Waals surface area contributed by atoms with Gasteiger partial charge in [0, 0.05) is 19.3 Å². The second-order valence-electron chi connectivity index (χ2n) is 4.92. The standard InChI is InChI=1S/C15H20N4O/c1-11(14(16)12-6-4-3-5-7-12)15(20)17-10-13-8-9-19(2)18-13/h3-9,11,14H,10,16H2,1-2H3,(H,17,20). The van der Waals surface area contributed by atoms with E-state index in [1.807, 2.05) is 56.6 Å². The number of nitrogens with one attached hydrogen (secondary N) is 1. The average molecular weight is 272 g/mol. The van der Waals surface area contributed by atoms with Gasteiger partial charge in [-0.25, -0.2) is 0 Å². The van der Waals surface area contributed by atoms with E-state index >= 15 is 0 Å². The lowest BCUT2D eigenvalue weighted by molar-refractivity contribution is -0.125. The lowest BCUT2D eigenvalue weighted by Crippen LogP contribution is -2.35. The Hall–Kier alpha value is -2.14. The van der Waals surface area contributed by atoms with E-state index in [9.17, 15) is 4.79 Å². The molecule has 2 atom stereocenters. The molecule has 0 radical (unpaired) electrons. The number of hydrogen-bond donors (Lipinski definition) is 2. The Kier molecular flexibility index (Phi) is 4.53. The molecule has 2 rings (SSSR count). The summed E-state index contributed by atoms with van der Waals surface area (Å²) in [7, 11) is 1.85. The highest BCUT2D eigenvalue weighted by Gasteiger charge is 2.21. The third-order valence-corrected chi connectivity index (χ3v) is 3.35. The Morgan fingerprint density at radius 1 is 1.35 bits per heavy atom. The molecule has 2 aromatic rings. The highest BCUT2D eigenvalue weighted by Crippen LogP contribution is 2.19. The molecule has 1 heterocycles. The van der Waals surface area contributed by atoms with Gasteiger partial charge in [-0.3, -0.25) is 9.48 Å². The molecule has 0 spiro atoms. The van der Waals surface area contributed by atoms with Gasteiger partial charge in [0.05, 0.1) is 18.2 Å². The zero-order valence-electron chi connectivity index (χ0n) is 11.8. The molecule has 0 saturated heterocycles. The summed E-state index contributed by atoms with van der Waals surface area (Å²) >= 11 is 0. The third kappa shape index (κ3) is 3.45. The Labute approximate surface area is 118 Å². The molecule has 0 aliphatic carbocycles. The summed E-state index contributed by atoms with van der Waals surface area (Å²) in [6.07, 6.45) is 1.85. The predicted molar refractivity (Wildman–Crippen MR) is 77.6 cm³/mol. The van der Waals surface area contributed by atoms with Crippen LogP contribution in [0.3, 0.4) is 0 Å². The van der Waals surface area contributed by atoms with Crippen molar-refractivity contribution in [2.75, 3.05) is 0 Å². The van der Waals surface area contributed by atoms with Gasteiger partial charge >= 0.3 is 0 Å². The molecule has 2 unspecified atom stereocenters. The van der Waals surface area contributed by atoms with Crippen molar-refractivity contribution < 1.29 is 4.79 Å². The number of aryl methyl sites for hydroxylation is 1. The molecule has 5 nitrogen and oxygen atoms in total. The average Bonchev–Trinajstić information content (AvgIpc) is 2.89. The van der Waals surface area contributed by atoms with Gasteiger partial charge in [0.2, 0.25) is 5.91 Å². The molecule has 0 bridgehead atoms. The molecular formula is C15H20N4O. The fraction of sp³-hybridized carbons (Fsp3) is 0.333. The van der Waals surface area contributed by atoms with Gasteiger partial charge in [-0.2, -0.15) is 5.10 Å². The van der Waals surface area contributed by atoms with Crippen molar-refractivity contribution in [3.63, 3.8) is 0 Å². The quantitative estimate of drug-likeness (QED) is 0.863. The van der Waals surface area contributed by atoms with Crippen LogP contribution in [0.2, 0.25) is 0 Å². The minimum Gasteiger partial charge on any atom is -0.350 e. The summed E-state index contributed by atoms with van der Waals surface area (Å²) < 4.78 is 1.71. The van der Waals surface area contributed by atoms with Gasteiger partial charge in [0.1, 0.15) is 0 Å². The van der Waals surface area contributed by atoms with E-state index in [-0.39, 0.29) is 17.9 Å². The number of nitrogens with zero attached hydrogens (tertiary/aromatic N) is 2. The monoisotopic (exact) mass is 272 g/mol. The third-order valence-electron chi connectivity index (χ3n) is 3.35. The van der Waals surface area contributed by atoms with Gasteiger partial charge < -0.3 is 11.1 Å². The van der Waals surface area contributed by atoms with Gasteiger partial charge in [-0.1, -0.05) is 37.3 Å². The maximum Gasteiger partial charge on any atom is 0.225 e. The highest BCUT2D eigenvalue weighted by molar-refractivity contribution is 5.79. The number of aromatic nitrogens is 2. The van der Waals surface area contributed by atoms with E-state index in [0.717, 1.165) is 11.3 Å². The maximum absolute atomic E-state index is 12.1. The van der Waals surface area contributed by atoms with Crippen LogP contribution >= 0.6 is 0 Å². The van der Waals surface area contributed by atoms with Crippen LogP contribution in [0.1, 0.15) is 24.2 Å². The van der Waals surface area contributed by atoms with Crippen LogP contribution in [0.25, 0.3) is 0 Å². The maximum atomic E-state index is 12.1. The molecule has 106 valence electrons. The van der Waals surface area contributed by atoms with E-state index in [1.54, 1.807) is 4.68 Å². The van der Waals surface area contributed by atoms with Crippen molar-refractivity contribution in [2.45, 2.75) is 19.5 Å². The van der Waals surface area contributed by atoms with Gasteiger partial charge in [-0.05, 0) is 11.6 Å². The highest BCUT2D eigenvalue weighted by atomic mass is 16.1. The van der Waals surface area contributed by atoms with Crippen LogP contribution < -0.4 is 11.1 Å². The minimum absolute atomic E-state index is 0.0630. The largest absolute Gasteiger partial charge is 0.350 e. The smallest absolute Gasteiger partial charge is 0.225 e. The number of hydrogen-bond acceptors (Lipinski definition) is 3. The van der Waals surface area contributed by atoms with Crippen LogP contribution in [-0.4, -0.2) is 15.7 Å². The number of carbonyl (C=O) groups excluding carboxylic acids is 1. The topological polar surface area (TPSA) is 72.9 Å². The summed E-state index contributed by atoms with van der Waals surface area (Å²) in [5.74, 6) is -0.354. The lowest BCUT2D eigenvalue weighted by atomic mass is 9.95. The van der Waals surface area contributed by atoms with E-state index in [0.29, 0.717) is 6.54 Å². The molecule has 0 fully saturated rings. The zero-order valence-corrected chi connectivity index (χ0v) is 11.8. The summed E-state index contributed by atoms with van der Waals surface area (Å²) in [6.45, 7) is 2.26. The summed E-state index contributed by atoms with van der Waals surface area (Å²) in [4.78, 5) is 12.1. The Morgan fingerprint density at radius 2 is 2.05 bits per heavy atom. The van der Waals surface area contributed by atoms with Crippen molar-refractivity contribution in [3.05, 3.63) is 53.9 Å². The first-order valence-corrected chi connectivity index (χ1v) is 6.64. The van der Waals surface area contributed by atoms with Crippen molar-refractivity contribution in [2.24, 2.45) is 18.7 Å². The number of amides is 1. The van der Waals surface area contributed by atoms with Crippen LogP contribution in [0.4, 0.5) is 0 Å². The van der Waals surface area contributed by atoms with Gasteiger partial charge in [0.25, 0.3) is 0 Å². The molecular weight excluding hydrogens is 252 g/mol. The lowest BCUT2D eigenvalue weighted by Gasteiger charge is -2.19. The fourth-order valence-corrected chi connectivity index (χ4v) is 2.02. The molecule has 3 N–H and O–H groups in total. The van der Waals surface area contributed by atoms with Crippen LogP contribution in [-0.2, 0) is 18.4 Å². The number of rotatable bonds is 5. The first-order chi connectivity index (χ1) is 9.58. The summed E-state index contributed by atoms with van der Waals surface area (Å²) in [5.41, 5.74) is 7.93. The SMILES string of the molecule is CC(C(=O)NCc1ccn(C)n1)C(N)c1ccccc1. The Bertz CT molecular complexity index is 564. The molecule has 0 aliphatic heterocycles. The second kappa shape index (κ2) is 6.34. The molecule has 20 heavy (non-hydrogen) atoms. The van der Waals surface area contributed by atoms with Crippen LogP contribution in [0.5, 0.6) is 0 Å². The van der Waals surface area contributed by atoms with E-state index < -0.39 is 0 Å². The molecule has 0 saturated carbocycles. The molecule has 1 aromatic carbocycles. The number of nitrogens with two attached hydrogens (primary N) is 1. The van der Waals surface area contributed by atoms with E-state index in [4.69, 9.17) is 5.73 Å². The Balaban J connectivity index is 1.91. The normalized spacial score (nSPS) is 13.8. The summed E-state index contributed by atoms with van der Waals surface area (Å²) in [6, 6.07) is 11.2. The van der Waals surface area contributed by atoms with Crippen LogP contribution in [0.15, 0.2) is 42.6 Å². The van der Waals surface area contributed by atoms with E-state index in [1.165, 1.54) is 0 Å². The molecule has 1 aromatic heterocycles. The zero-order chi connectivity index (χ0) is 14.5. The predicted octanol–water partition coefficient (Wildman–Crippen LogP) is 1.37. The number of carbonyl (C=O) groups is 1. The van der Waals surface area contributed by atoms with E-state index in [2.05, 4.69) is 10.4 Å². The molecule has 1 amide bonds. The number of benzene rings is 1. The first-order valence-electron chi connectivity index (χ1n) is 6.64. The van der Waals surface area contributed by atoms with Crippen molar-refractivity contribution in [1.82, 2.24) is 15.1 Å². The van der Waals surface area contributed by atoms with Gasteiger partial charge in [-0.15, -0.1) is 0 Å². The second-order valence-corrected chi connectivity index (χ2v) is 4.92. The Morgan fingerprint density at radius 3 is 2.65 bits per heavy atom. The van der Waals surface area contributed by atoms with Crippen molar-refractivity contribution >= 4 is 5.91 Å². The summed E-state index contributed by atoms with van der Waals surface area (Å²) in [5, 5.41) is 7.08. The van der Waals surface area contributed by atoms with Crippen LogP contribution in [0, 0.1) is 5.92 Å². The molecule has 0 aliphatic rings.